The van der Waals surface area contributed by atoms with Crippen LogP contribution in [0, 0.1) is 0 Å². The van der Waals surface area contributed by atoms with E-state index in [4.69, 9.17) is 9.47 Å². The van der Waals surface area contributed by atoms with Crippen molar-refractivity contribution in [2.45, 2.75) is 51.9 Å². The summed E-state index contributed by atoms with van der Waals surface area (Å²) in [5.41, 5.74) is 0.0846. The highest BCUT2D eigenvalue weighted by atomic mass is 32.1. The number of ether oxygens (including phenoxy) is 2. The van der Waals surface area contributed by atoms with E-state index in [2.05, 4.69) is 4.98 Å². The van der Waals surface area contributed by atoms with E-state index >= 15 is 0 Å². The van der Waals surface area contributed by atoms with Crippen molar-refractivity contribution in [1.82, 2.24) is 14.3 Å². The Balaban J connectivity index is 1.56. The maximum atomic E-state index is 12.1. The Labute approximate surface area is 140 Å². The summed E-state index contributed by atoms with van der Waals surface area (Å²) in [5, 5.41) is 2.00. The predicted octanol–water partition coefficient (Wildman–Crippen LogP) is 3.31. The molecule has 3 heterocycles. The summed E-state index contributed by atoms with van der Waals surface area (Å²) in [6.07, 6.45) is 4.50. The summed E-state index contributed by atoms with van der Waals surface area (Å²) in [6.45, 7) is 9.32. The van der Waals surface area contributed by atoms with Crippen LogP contribution in [0.15, 0.2) is 17.8 Å². The van der Waals surface area contributed by atoms with Gasteiger partial charge in [-0.1, -0.05) is 0 Å². The lowest BCUT2D eigenvalue weighted by Gasteiger charge is -2.27. The monoisotopic (exact) mass is 337 g/mol. The van der Waals surface area contributed by atoms with Crippen molar-refractivity contribution in [3.63, 3.8) is 0 Å². The second-order valence-electron chi connectivity index (χ2n) is 7.22. The summed E-state index contributed by atoms with van der Waals surface area (Å²) in [6, 6.07) is 0. The Morgan fingerprint density at radius 3 is 2.96 bits per heavy atom. The molecule has 0 saturated carbocycles. The van der Waals surface area contributed by atoms with Crippen LogP contribution in [-0.4, -0.2) is 44.7 Å². The number of hydrogen-bond acceptors (Lipinski definition) is 5. The molecule has 1 amide bonds. The maximum absolute atomic E-state index is 12.1. The fourth-order valence-electron chi connectivity index (χ4n) is 2.63. The molecule has 1 fully saturated rings. The van der Waals surface area contributed by atoms with Gasteiger partial charge in [0.1, 0.15) is 5.60 Å². The quantitative estimate of drug-likeness (QED) is 0.862. The van der Waals surface area contributed by atoms with Crippen molar-refractivity contribution in [3.8, 4) is 0 Å². The molecule has 1 aliphatic heterocycles. The lowest BCUT2D eigenvalue weighted by atomic mass is 10.1. The average Bonchev–Trinajstić information content (AvgIpc) is 3.08. The van der Waals surface area contributed by atoms with E-state index in [1.165, 1.54) is 0 Å². The summed E-state index contributed by atoms with van der Waals surface area (Å²) in [4.78, 5) is 19.3. The van der Waals surface area contributed by atoms with Gasteiger partial charge in [-0.05, 0) is 34.1 Å². The molecular formula is C16H23N3O3S. The number of carbonyl (C=O) groups is 1. The Morgan fingerprint density at radius 2 is 2.26 bits per heavy atom. The van der Waals surface area contributed by atoms with Gasteiger partial charge in [0.15, 0.2) is 4.96 Å². The predicted molar refractivity (Wildman–Crippen MR) is 88.7 cm³/mol. The molecule has 0 bridgehead atoms. The minimum Gasteiger partial charge on any atom is -0.444 e. The molecule has 1 unspecified atom stereocenters. The number of likely N-dealkylation sites (tertiary alicyclic amines) is 1. The Hall–Kier alpha value is -1.60. The topological polar surface area (TPSA) is 56.1 Å². The smallest absolute Gasteiger partial charge is 0.410 e. The maximum Gasteiger partial charge on any atom is 0.410 e. The highest BCUT2D eigenvalue weighted by Crippen LogP contribution is 2.27. The zero-order valence-corrected chi connectivity index (χ0v) is 14.9. The fraction of sp³-hybridized carbons (Fsp3) is 0.625. The Kier molecular flexibility index (Phi) is 4.10. The van der Waals surface area contributed by atoms with Crippen molar-refractivity contribution in [1.29, 1.82) is 0 Å². The molecule has 2 aromatic rings. The lowest BCUT2D eigenvalue weighted by Crippen LogP contribution is -2.39. The molecule has 3 rings (SSSR count). The molecule has 0 aliphatic carbocycles. The van der Waals surface area contributed by atoms with Gasteiger partial charge in [-0.25, -0.2) is 9.78 Å². The number of hydrogen-bond donors (Lipinski definition) is 0. The highest BCUT2D eigenvalue weighted by molar-refractivity contribution is 7.15. The van der Waals surface area contributed by atoms with Gasteiger partial charge in [-0.15, -0.1) is 11.3 Å². The number of aromatic nitrogens is 2. The van der Waals surface area contributed by atoms with Crippen LogP contribution in [-0.2, 0) is 16.1 Å². The fourth-order valence-corrected chi connectivity index (χ4v) is 3.35. The van der Waals surface area contributed by atoms with Crippen LogP contribution in [0.25, 0.3) is 4.96 Å². The molecule has 1 aliphatic rings. The van der Waals surface area contributed by atoms with E-state index in [9.17, 15) is 4.79 Å². The van der Waals surface area contributed by atoms with Crippen molar-refractivity contribution in [2.75, 3.05) is 13.1 Å². The number of nitrogens with zero attached hydrogens (tertiary/aromatic N) is 3. The first-order chi connectivity index (χ1) is 10.7. The second-order valence-corrected chi connectivity index (χ2v) is 8.09. The van der Waals surface area contributed by atoms with Gasteiger partial charge in [0, 0.05) is 24.3 Å². The number of carbonyl (C=O) groups excluding carboxylic acids is 1. The summed E-state index contributed by atoms with van der Waals surface area (Å²) in [5.74, 6) is 0. The molecule has 6 nitrogen and oxygen atoms in total. The zero-order valence-electron chi connectivity index (χ0n) is 14.0. The van der Waals surface area contributed by atoms with Crippen LogP contribution < -0.4 is 0 Å². The van der Waals surface area contributed by atoms with E-state index in [1.54, 1.807) is 16.2 Å². The average molecular weight is 337 g/mol. The van der Waals surface area contributed by atoms with E-state index in [0.717, 1.165) is 17.1 Å². The van der Waals surface area contributed by atoms with Gasteiger partial charge in [-0.2, -0.15) is 0 Å². The molecule has 1 saturated heterocycles. The third-order valence-corrected chi connectivity index (χ3v) is 4.57. The zero-order chi connectivity index (χ0) is 16.7. The van der Waals surface area contributed by atoms with E-state index in [-0.39, 0.29) is 11.7 Å². The molecule has 1 atom stereocenters. The Bertz CT molecular complexity index is 674. The SMILES string of the molecule is CC(C)(C)OC(=O)N1CCC(C)(OCc2cn3ccsc3n2)C1. The highest BCUT2D eigenvalue weighted by Gasteiger charge is 2.38. The van der Waals surface area contributed by atoms with Gasteiger partial charge >= 0.3 is 6.09 Å². The molecule has 0 radical (unpaired) electrons. The molecule has 7 heteroatoms. The molecule has 126 valence electrons. The number of imidazole rings is 1. The minimum absolute atomic E-state index is 0.271. The van der Waals surface area contributed by atoms with Crippen LogP contribution in [0.2, 0.25) is 0 Å². The molecule has 23 heavy (non-hydrogen) atoms. The van der Waals surface area contributed by atoms with E-state index in [1.807, 2.05) is 49.9 Å². The summed E-state index contributed by atoms with van der Waals surface area (Å²) >= 11 is 1.60. The Morgan fingerprint density at radius 1 is 1.48 bits per heavy atom. The first kappa shape index (κ1) is 16.3. The number of rotatable bonds is 3. The van der Waals surface area contributed by atoms with E-state index in [0.29, 0.717) is 19.7 Å². The van der Waals surface area contributed by atoms with Crippen molar-refractivity contribution >= 4 is 22.4 Å². The molecular weight excluding hydrogens is 314 g/mol. The van der Waals surface area contributed by atoms with Crippen LogP contribution in [0.3, 0.4) is 0 Å². The first-order valence-corrected chi connectivity index (χ1v) is 8.65. The van der Waals surface area contributed by atoms with Crippen LogP contribution >= 0.6 is 11.3 Å². The van der Waals surface area contributed by atoms with Crippen LogP contribution in [0.4, 0.5) is 4.79 Å². The van der Waals surface area contributed by atoms with Gasteiger partial charge in [0.05, 0.1) is 24.4 Å². The number of fused-ring (bicyclic) bond motifs is 1. The molecule has 0 N–H and O–H groups in total. The van der Waals surface area contributed by atoms with Crippen LogP contribution in [0.1, 0.15) is 39.8 Å². The molecule has 0 aromatic carbocycles. The molecule has 2 aromatic heterocycles. The van der Waals surface area contributed by atoms with Gasteiger partial charge in [-0.3, -0.25) is 4.40 Å². The summed E-state index contributed by atoms with van der Waals surface area (Å²) in [7, 11) is 0. The third kappa shape index (κ3) is 3.84. The van der Waals surface area contributed by atoms with Crippen LogP contribution in [0.5, 0.6) is 0 Å². The van der Waals surface area contributed by atoms with Gasteiger partial charge in [0.2, 0.25) is 0 Å². The molecule has 0 spiro atoms. The van der Waals surface area contributed by atoms with Crippen molar-refractivity contribution in [3.05, 3.63) is 23.5 Å². The van der Waals surface area contributed by atoms with Gasteiger partial charge < -0.3 is 14.4 Å². The summed E-state index contributed by atoms with van der Waals surface area (Å²) < 4.78 is 13.5. The lowest BCUT2D eigenvalue weighted by molar-refractivity contribution is -0.0385. The van der Waals surface area contributed by atoms with Crippen molar-refractivity contribution in [2.24, 2.45) is 0 Å². The number of thiazole rings is 1. The number of amides is 1. The van der Waals surface area contributed by atoms with E-state index < -0.39 is 5.60 Å². The third-order valence-electron chi connectivity index (χ3n) is 3.80. The first-order valence-electron chi connectivity index (χ1n) is 7.77. The normalized spacial score (nSPS) is 22.0. The second kappa shape index (κ2) is 5.79. The van der Waals surface area contributed by atoms with Gasteiger partial charge in [0.25, 0.3) is 0 Å². The van der Waals surface area contributed by atoms with Crippen molar-refractivity contribution < 1.29 is 14.3 Å². The largest absolute Gasteiger partial charge is 0.444 e. The minimum atomic E-state index is -0.473. The standard InChI is InChI=1S/C16H23N3O3S/c1-15(2,3)22-14(20)19-6-5-16(4,11-19)21-10-12-9-18-7-8-23-13(18)17-12/h7-9H,5-6,10-11H2,1-4H3.